The Labute approximate surface area is 189 Å². The summed E-state index contributed by atoms with van der Waals surface area (Å²) >= 11 is 0. The molecule has 0 aliphatic rings. The molecule has 0 saturated heterocycles. The van der Waals surface area contributed by atoms with Crippen LogP contribution in [0.1, 0.15) is 6.42 Å². The number of anilines is 2. The minimum absolute atomic E-state index is 0.459. The van der Waals surface area contributed by atoms with Crippen LogP contribution in [-0.4, -0.2) is 63.4 Å². The molecule has 32 heavy (non-hydrogen) atoms. The highest BCUT2D eigenvalue weighted by Crippen LogP contribution is 2.40. The molecule has 0 aliphatic heterocycles. The second-order valence-electron chi connectivity index (χ2n) is 7.33. The number of aromatic nitrogens is 2. The largest absolute Gasteiger partial charge is 0.494 e. The van der Waals surface area contributed by atoms with E-state index in [0.29, 0.717) is 29.8 Å². The van der Waals surface area contributed by atoms with Gasteiger partial charge in [0.25, 0.3) is 0 Å². The maximum Gasteiger partial charge on any atom is 0.227 e. The highest BCUT2D eigenvalue weighted by atomic mass is 16.5. The number of hydrogen-bond donors (Lipinski definition) is 1. The van der Waals surface area contributed by atoms with Crippen LogP contribution in [0.15, 0.2) is 48.7 Å². The van der Waals surface area contributed by atoms with E-state index >= 15 is 0 Å². The SMILES string of the molecule is COc1cc(Nc2nccc(-c3ccc(OCCCN(C)C)cc3)n2)cc(OC)c1OC. The van der Waals surface area contributed by atoms with Gasteiger partial charge in [-0.1, -0.05) is 0 Å². The fourth-order valence-electron chi connectivity index (χ4n) is 3.15. The van der Waals surface area contributed by atoms with Crippen molar-refractivity contribution < 1.29 is 18.9 Å². The minimum atomic E-state index is 0.459. The third kappa shape index (κ3) is 6.01. The molecule has 0 amide bonds. The zero-order chi connectivity index (χ0) is 22.9. The summed E-state index contributed by atoms with van der Waals surface area (Å²) in [5.74, 6) is 2.93. The second kappa shape index (κ2) is 11.2. The molecule has 2 aromatic carbocycles. The molecular formula is C24H30N4O4. The first-order valence-corrected chi connectivity index (χ1v) is 10.3. The van der Waals surface area contributed by atoms with Crippen molar-refractivity contribution in [3.05, 3.63) is 48.7 Å². The van der Waals surface area contributed by atoms with Gasteiger partial charge in [-0.3, -0.25) is 0 Å². The van der Waals surface area contributed by atoms with Crippen molar-refractivity contribution in [3.63, 3.8) is 0 Å². The molecule has 1 heterocycles. The van der Waals surface area contributed by atoms with E-state index in [2.05, 4.69) is 34.3 Å². The average molecular weight is 439 g/mol. The fraction of sp³-hybridized carbons (Fsp3) is 0.333. The minimum Gasteiger partial charge on any atom is -0.494 e. The lowest BCUT2D eigenvalue weighted by molar-refractivity contribution is 0.281. The van der Waals surface area contributed by atoms with Gasteiger partial charge >= 0.3 is 0 Å². The van der Waals surface area contributed by atoms with Gasteiger partial charge in [0.05, 0.1) is 33.6 Å². The van der Waals surface area contributed by atoms with E-state index < -0.39 is 0 Å². The van der Waals surface area contributed by atoms with Crippen molar-refractivity contribution in [2.24, 2.45) is 0 Å². The van der Waals surface area contributed by atoms with Gasteiger partial charge in [0.1, 0.15) is 5.75 Å². The number of nitrogens with one attached hydrogen (secondary N) is 1. The van der Waals surface area contributed by atoms with Gasteiger partial charge in [-0.05, 0) is 50.8 Å². The highest BCUT2D eigenvalue weighted by molar-refractivity contribution is 5.67. The smallest absolute Gasteiger partial charge is 0.227 e. The lowest BCUT2D eigenvalue weighted by Crippen LogP contribution is -2.15. The monoisotopic (exact) mass is 438 g/mol. The van der Waals surface area contributed by atoms with Gasteiger partial charge in [0.2, 0.25) is 11.7 Å². The summed E-state index contributed by atoms with van der Waals surface area (Å²) in [4.78, 5) is 11.1. The normalized spacial score (nSPS) is 10.7. The Bertz CT molecular complexity index is 984. The zero-order valence-corrected chi connectivity index (χ0v) is 19.2. The number of rotatable bonds is 11. The predicted molar refractivity (Wildman–Crippen MR) is 126 cm³/mol. The summed E-state index contributed by atoms with van der Waals surface area (Å²) in [7, 11) is 8.84. The predicted octanol–water partition coefficient (Wildman–Crippen LogP) is 4.24. The molecule has 8 heteroatoms. The van der Waals surface area contributed by atoms with Gasteiger partial charge < -0.3 is 29.2 Å². The van der Waals surface area contributed by atoms with Gasteiger partial charge in [-0.25, -0.2) is 9.97 Å². The summed E-state index contributed by atoms with van der Waals surface area (Å²) in [5.41, 5.74) is 2.49. The van der Waals surface area contributed by atoms with E-state index in [1.807, 2.05) is 30.3 Å². The lowest BCUT2D eigenvalue weighted by atomic mass is 10.1. The molecular weight excluding hydrogens is 408 g/mol. The Morgan fingerprint density at radius 2 is 1.59 bits per heavy atom. The van der Waals surface area contributed by atoms with E-state index in [4.69, 9.17) is 18.9 Å². The number of ether oxygens (including phenoxy) is 4. The van der Waals surface area contributed by atoms with Crippen molar-refractivity contribution in [3.8, 4) is 34.3 Å². The Morgan fingerprint density at radius 1 is 0.906 bits per heavy atom. The maximum absolute atomic E-state index is 5.81. The Hall–Kier alpha value is -3.52. The molecule has 0 spiro atoms. The van der Waals surface area contributed by atoms with E-state index in [1.54, 1.807) is 39.7 Å². The lowest BCUT2D eigenvalue weighted by Gasteiger charge is -2.14. The first kappa shape index (κ1) is 23.1. The molecule has 1 aromatic heterocycles. The first-order chi connectivity index (χ1) is 15.5. The van der Waals surface area contributed by atoms with E-state index in [0.717, 1.165) is 35.7 Å². The summed E-state index contributed by atoms with van der Waals surface area (Å²) < 4.78 is 22.0. The third-order valence-electron chi connectivity index (χ3n) is 4.74. The van der Waals surface area contributed by atoms with Crippen LogP contribution in [0.2, 0.25) is 0 Å². The second-order valence-corrected chi connectivity index (χ2v) is 7.33. The van der Waals surface area contributed by atoms with Crippen molar-refractivity contribution >= 4 is 11.6 Å². The van der Waals surface area contributed by atoms with Crippen LogP contribution in [0.25, 0.3) is 11.3 Å². The van der Waals surface area contributed by atoms with Crippen molar-refractivity contribution in [1.29, 1.82) is 0 Å². The van der Waals surface area contributed by atoms with Crippen LogP contribution >= 0.6 is 0 Å². The van der Waals surface area contributed by atoms with Crippen LogP contribution < -0.4 is 24.3 Å². The number of hydrogen-bond acceptors (Lipinski definition) is 8. The van der Waals surface area contributed by atoms with E-state index in [-0.39, 0.29) is 0 Å². The van der Waals surface area contributed by atoms with E-state index in [1.165, 1.54) is 0 Å². The molecule has 0 atom stereocenters. The quantitative estimate of drug-likeness (QED) is 0.446. The van der Waals surface area contributed by atoms with Gasteiger partial charge in [0.15, 0.2) is 11.5 Å². The summed E-state index contributed by atoms with van der Waals surface area (Å²) in [6, 6.07) is 13.4. The van der Waals surface area contributed by atoms with Crippen LogP contribution in [0.4, 0.5) is 11.6 Å². The van der Waals surface area contributed by atoms with Gasteiger partial charge in [0, 0.05) is 36.1 Å². The van der Waals surface area contributed by atoms with Crippen molar-refractivity contribution in [2.45, 2.75) is 6.42 Å². The molecule has 0 aliphatic carbocycles. The van der Waals surface area contributed by atoms with Crippen molar-refractivity contribution in [2.75, 3.05) is 53.9 Å². The van der Waals surface area contributed by atoms with Crippen LogP contribution in [0.5, 0.6) is 23.0 Å². The molecule has 0 bridgehead atoms. The van der Waals surface area contributed by atoms with Gasteiger partial charge in [-0.2, -0.15) is 0 Å². The van der Waals surface area contributed by atoms with Gasteiger partial charge in [-0.15, -0.1) is 0 Å². The average Bonchev–Trinajstić information content (AvgIpc) is 2.81. The number of nitrogens with zero attached hydrogens (tertiary/aromatic N) is 3. The van der Waals surface area contributed by atoms with Crippen LogP contribution in [-0.2, 0) is 0 Å². The van der Waals surface area contributed by atoms with Crippen LogP contribution in [0, 0.1) is 0 Å². The molecule has 1 N–H and O–H groups in total. The molecule has 170 valence electrons. The molecule has 0 fully saturated rings. The first-order valence-electron chi connectivity index (χ1n) is 10.3. The standard InChI is InChI=1S/C24H30N4O4/c1-28(2)13-6-14-32-19-9-7-17(8-10-19)20-11-12-25-24(27-20)26-18-15-21(29-3)23(31-5)22(16-18)30-4/h7-12,15-16H,6,13-14H2,1-5H3,(H,25,26,27). The molecule has 8 nitrogen and oxygen atoms in total. The Balaban J connectivity index is 1.72. The summed E-state index contributed by atoms with van der Waals surface area (Å²) in [5, 5.41) is 3.20. The molecule has 0 saturated carbocycles. The number of benzene rings is 2. The molecule has 0 unspecified atom stereocenters. The zero-order valence-electron chi connectivity index (χ0n) is 19.2. The number of methoxy groups -OCH3 is 3. The molecule has 3 rings (SSSR count). The molecule has 3 aromatic rings. The third-order valence-corrected chi connectivity index (χ3v) is 4.74. The fourth-order valence-corrected chi connectivity index (χ4v) is 3.15. The summed E-state index contributed by atoms with van der Waals surface area (Å²) in [6.07, 6.45) is 2.70. The van der Waals surface area contributed by atoms with E-state index in [9.17, 15) is 0 Å². The molecule has 0 radical (unpaired) electrons. The Morgan fingerprint density at radius 3 is 2.19 bits per heavy atom. The van der Waals surface area contributed by atoms with Crippen LogP contribution in [0.3, 0.4) is 0 Å². The van der Waals surface area contributed by atoms with Crippen molar-refractivity contribution in [1.82, 2.24) is 14.9 Å². The topological polar surface area (TPSA) is 78.0 Å². The maximum atomic E-state index is 5.81. The summed E-state index contributed by atoms with van der Waals surface area (Å²) in [6.45, 7) is 1.69. The Kier molecular flexibility index (Phi) is 8.10. The highest BCUT2D eigenvalue weighted by Gasteiger charge is 2.14.